The van der Waals surface area contributed by atoms with Gasteiger partial charge in [0.1, 0.15) is 5.69 Å². The van der Waals surface area contributed by atoms with Crippen molar-refractivity contribution in [3.8, 4) is 22.4 Å². The Morgan fingerprint density at radius 2 is 1.38 bits per heavy atom. The molecule has 0 N–H and O–H groups in total. The summed E-state index contributed by atoms with van der Waals surface area (Å²) in [6.45, 7) is 0. The summed E-state index contributed by atoms with van der Waals surface area (Å²) in [4.78, 5) is 15.4. The number of nitrogens with zero attached hydrogens (tertiary/aromatic N) is 2. The third-order valence-electron chi connectivity index (χ3n) is 3.24. The molecule has 0 radical (unpaired) electrons. The summed E-state index contributed by atoms with van der Waals surface area (Å²) in [6.07, 6.45) is 1.61. The first-order valence-electron chi connectivity index (χ1n) is 6.51. The van der Waals surface area contributed by atoms with Crippen LogP contribution in [0.3, 0.4) is 0 Å². The summed E-state index contributed by atoms with van der Waals surface area (Å²) in [6, 6.07) is 20.2. The summed E-state index contributed by atoms with van der Waals surface area (Å²) < 4.78 is 0. The number of rotatable bonds is 3. The van der Waals surface area contributed by atoms with Crippen LogP contribution in [0, 0.1) is 10.1 Å². The maximum Gasteiger partial charge on any atom is 0.303 e. The Hall–Kier alpha value is -3.01. The van der Waals surface area contributed by atoms with E-state index in [1.165, 1.54) is 0 Å². The molecule has 0 aliphatic heterocycles. The number of hydrogen-bond donors (Lipinski definition) is 0. The van der Waals surface area contributed by atoms with Gasteiger partial charge >= 0.3 is 5.69 Å². The fourth-order valence-electron chi connectivity index (χ4n) is 2.30. The summed E-state index contributed by atoms with van der Waals surface area (Å²) in [5.74, 6) is 0. The van der Waals surface area contributed by atoms with Crippen LogP contribution in [-0.2, 0) is 0 Å². The summed E-state index contributed by atoms with van der Waals surface area (Å²) in [7, 11) is 0. The molecular weight excluding hydrogens is 264 g/mol. The van der Waals surface area contributed by atoms with Gasteiger partial charge in [-0.25, -0.2) is 4.98 Å². The highest BCUT2D eigenvalue weighted by molar-refractivity contribution is 5.83. The summed E-state index contributed by atoms with van der Waals surface area (Å²) in [5, 5.41) is 11.6. The zero-order valence-corrected chi connectivity index (χ0v) is 11.1. The lowest BCUT2D eigenvalue weighted by Gasteiger charge is -2.07. The van der Waals surface area contributed by atoms with Crippen molar-refractivity contribution in [2.45, 2.75) is 0 Å². The molecule has 0 unspecified atom stereocenters. The number of aromatic nitrogens is 1. The minimum atomic E-state index is -0.363. The molecule has 4 nitrogen and oxygen atoms in total. The van der Waals surface area contributed by atoms with Gasteiger partial charge in [0.25, 0.3) is 0 Å². The van der Waals surface area contributed by atoms with Crippen LogP contribution >= 0.6 is 0 Å². The normalized spacial score (nSPS) is 10.3. The topological polar surface area (TPSA) is 56.0 Å². The van der Waals surface area contributed by atoms with Crippen LogP contribution in [0.4, 0.5) is 5.69 Å². The second-order valence-electron chi connectivity index (χ2n) is 4.54. The molecule has 0 bridgehead atoms. The van der Waals surface area contributed by atoms with Crippen LogP contribution in [0.5, 0.6) is 0 Å². The van der Waals surface area contributed by atoms with Gasteiger partial charge in [-0.05, 0) is 11.6 Å². The lowest BCUT2D eigenvalue weighted by atomic mass is 10.0. The van der Waals surface area contributed by atoms with Gasteiger partial charge < -0.3 is 0 Å². The van der Waals surface area contributed by atoms with Gasteiger partial charge in [-0.3, -0.25) is 10.1 Å². The fraction of sp³-hybridized carbons (Fsp3) is 0. The molecule has 1 heterocycles. The van der Waals surface area contributed by atoms with E-state index < -0.39 is 0 Å². The van der Waals surface area contributed by atoms with Gasteiger partial charge in [-0.15, -0.1) is 0 Å². The Kier molecular flexibility index (Phi) is 3.43. The Morgan fingerprint density at radius 3 is 1.95 bits per heavy atom. The Bertz CT molecular complexity index is 714. The van der Waals surface area contributed by atoms with Crippen molar-refractivity contribution in [2.24, 2.45) is 0 Å². The maximum atomic E-state index is 11.6. The van der Waals surface area contributed by atoms with Crippen molar-refractivity contribution in [3.63, 3.8) is 0 Å². The molecule has 0 aliphatic carbocycles. The predicted octanol–water partition coefficient (Wildman–Crippen LogP) is 4.32. The van der Waals surface area contributed by atoms with Gasteiger partial charge in [0.15, 0.2) is 0 Å². The van der Waals surface area contributed by atoms with E-state index in [-0.39, 0.29) is 10.6 Å². The van der Waals surface area contributed by atoms with Gasteiger partial charge in [-0.1, -0.05) is 60.7 Å². The van der Waals surface area contributed by atoms with Crippen LogP contribution < -0.4 is 0 Å². The van der Waals surface area contributed by atoms with E-state index in [9.17, 15) is 10.1 Å². The molecule has 0 atom stereocenters. The lowest BCUT2D eigenvalue weighted by molar-refractivity contribution is -0.383. The van der Waals surface area contributed by atoms with Crippen molar-refractivity contribution in [3.05, 3.63) is 83.0 Å². The molecule has 21 heavy (non-hydrogen) atoms. The summed E-state index contributed by atoms with van der Waals surface area (Å²) in [5.41, 5.74) is 2.55. The van der Waals surface area contributed by atoms with Crippen molar-refractivity contribution >= 4 is 5.69 Å². The van der Waals surface area contributed by atoms with E-state index in [2.05, 4.69) is 4.98 Å². The van der Waals surface area contributed by atoms with Gasteiger partial charge in [0.05, 0.1) is 10.5 Å². The highest BCUT2D eigenvalue weighted by atomic mass is 16.6. The Labute approximate surface area is 121 Å². The zero-order chi connectivity index (χ0) is 14.7. The first-order chi connectivity index (χ1) is 10.3. The van der Waals surface area contributed by atoms with Gasteiger partial charge in [0.2, 0.25) is 0 Å². The van der Waals surface area contributed by atoms with Gasteiger partial charge in [-0.2, -0.15) is 0 Å². The molecule has 0 saturated heterocycles. The van der Waals surface area contributed by atoms with E-state index in [4.69, 9.17) is 0 Å². The minimum Gasteiger partial charge on any atom is -0.258 e. The Balaban J connectivity index is 2.26. The molecule has 102 valence electrons. The first-order valence-corrected chi connectivity index (χ1v) is 6.51. The van der Waals surface area contributed by atoms with Crippen LogP contribution in [0.15, 0.2) is 72.9 Å². The van der Waals surface area contributed by atoms with E-state index in [1.54, 1.807) is 12.3 Å². The molecular formula is C17H12N2O2. The van der Waals surface area contributed by atoms with Crippen molar-refractivity contribution < 1.29 is 4.92 Å². The number of benzene rings is 2. The molecule has 2 aromatic carbocycles. The van der Waals surface area contributed by atoms with Crippen molar-refractivity contribution in [2.75, 3.05) is 0 Å². The van der Waals surface area contributed by atoms with E-state index in [0.717, 1.165) is 11.1 Å². The Morgan fingerprint density at radius 1 is 0.810 bits per heavy atom. The highest BCUT2D eigenvalue weighted by Gasteiger charge is 2.22. The third-order valence-corrected chi connectivity index (χ3v) is 3.24. The van der Waals surface area contributed by atoms with Crippen LogP contribution in [0.25, 0.3) is 22.4 Å². The van der Waals surface area contributed by atoms with E-state index in [1.807, 2.05) is 60.7 Å². The quantitative estimate of drug-likeness (QED) is 0.528. The van der Waals surface area contributed by atoms with Crippen LogP contribution in [0.2, 0.25) is 0 Å². The monoisotopic (exact) mass is 276 g/mol. The van der Waals surface area contributed by atoms with E-state index >= 15 is 0 Å². The number of hydrogen-bond acceptors (Lipinski definition) is 3. The second-order valence-corrected chi connectivity index (χ2v) is 4.54. The molecule has 3 rings (SSSR count). The molecule has 0 fully saturated rings. The molecule has 0 aliphatic rings. The van der Waals surface area contributed by atoms with Crippen LogP contribution in [-0.4, -0.2) is 9.91 Å². The number of nitro groups is 1. The summed E-state index contributed by atoms with van der Waals surface area (Å²) >= 11 is 0. The standard InChI is InChI=1S/C17H12N2O2/c20-19(21)17-15(13-7-3-1-4-8-13)11-12-18-16(17)14-9-5-2-6-10-14/h1-12H. The van der Waals surface area contributed by atoms with E-state index in [0.29, 0.717) is 11.3 Å². The molecule has 1 aromatic heterocycles. The largest absolute Gasteiger partial charge is 0.303 e. The second kappa shape index (κ2) is 5.54. The smallest absolute Gasteiger partial charge is 0.258 e. The number of pyridine rings is 1. The highest BCUT2D eigenvalue weighted by Crippen LogP contribution is 2.36. The molecule has 0 saturated carbocycles. The van der Waals surface area contributed by atoms with Crippen LogP contribution in [0.1, 0.15) is 0 Å². The average Bonchev–Trinajstić information content (AvgIpc) is 2.55. The molecule has 3 aromatic rings. The lowest BCUT2D eigenvalue weighted by Crippen LogP contribution is -1.97. The van der Waals surface area contributed by atoms with Crippen molar-refractivity contribution in [1.82, 2.24) is 4.98 Å². The zero-order valence-electron chi connectivity index (χ0n) is 11.1. The fourth-order valence-corrected chi connectivity index (χ4v) is 2.30. The average molecular weight is 276 g/mol. The van der Waals surface area contributed by atoms with Gasteiger partial charge in [0, 0.05) is 11.8 Å². The molecule has 0 spiro atoms. The van der Waals surface area contributed by atoms with Crippen molar-refractivity contribution in [1.29, 1.82) is 0 Å². The maximum absolute atomic E-state index is 11.6. The first kappa shape index (κ1) is 13.0. The third kappa shape index (κ3) is 2.51. The molecule has 4 heteroatoms. The minimum absolute atomic E-state index is 0.0369. The SMILES string of the molecule is O=[N+]([O-])c1c(-c2ccccc2)ccnc1-c1ccccc1. The molecule has 0 amide bonds. The predicted molar refractivity (Wildman–Crippen MR) is 81.8 cm³/mol.